The Kier molecular flexibility index (Phi) is 8.11. The van der Waals surface area contributed by atoms with E-state index >= 15 is 0 Å². The summed E-state index contributed by atoms with van der Waals surface area (Å²) in [6.45, 7) is 5.73. The van der Waals surface area contributed by atoms with E-state index in [0.29, 0.717) is 27.6 Å². The van der Waals surface area contributed by atoms with Crippen molar-refractivity contribution in [2.75, 3.05) is 16.4 Å². The highest BCUT2D eigenvalue weighted by atomic mass is 32.2. The maximum atomic E-state index is 13.5. The lowest BCUT2D eigenvalue weighted by atomic mass is 9.82. The molecular formula is C30H28N4O2S. The summed E-state index contributed by atoms with van der Waals surface area (Å²) in [6, 6.07) is 26.9. The average Bonchev–Trinajstić information content (AvgIpc) is 2.90. The first kappa shape index (κ1) is 25.8. The maximum Gasteiger partial charge on any atom is 0.254 e. The monoisotopic (exact) mass is 508 g/mol. The molecule has 37 heavy (non-hydrogen) atoms. The zero-order valence-electron chi connectivity index (χ0n) is 21.0. The van der Waals surface area contributed by atoms with Gasteiger partial charge in [-0.2, -0.15) is 5.26 Å². The molecule has 0 saturated carbocycles. The lowest BCUT2D eigenvalue weighted by Crippen LogP contribution is -2.31. The number of anilines is 2. The van der Waals surface area contributed by atoms with Gasteiger partial charge in [-0.1, -0.05) is 78.5 Å². The molecule has 186 valence electrons. The minimum atomic E-state index is -0.569. The number of nitrogens with one attached hydrogen (secondary N) is 3. The molecule has 0 bridgehead atoms. The predicted molar refractivity (Wildman–Crippen MR) is 150 cm³/mol. The van der Waals surface area contributed by atoms with Crippen LogP contribution in [0.2, 0.25) is 0 Å². The molecular weight excluding hydrogens is 480 g/mol. The Morgan fingerprint density at radius 1 is 0.892 bits per heavy atom. The number of carbonyl (C=O) groups is 2. The Morgan fingerprint density at radius 2 is 1.51 bits per heavy atom. The fraction of sp³-hybridized carbons (Fsp3) is 0.167. The van der Waals surface area contributed by atoms with Gasteiger partial charge < -0.3 is 16.0 Å². The van der Waals surface area contributed by atoms with E-state index in [4.69, 9.17) is 0 Å². The molecule has 1 atom stereocenters. The van der Waals surface area contributed by atoms with Crippen LogP contribution >= 0.6 is 11.8 Å². The van der Waals surface area contributed by atoms with Crippen molar-refractivity contribution in [1.29, 1.82) is 5.26 Å². The first-order chi connectivity index (χ1) is 17.9. The lowest BCUT2D eigenvalue weighted by Gasteiger charge is -2.30. The SMILES string of the molecule is CC1=C(C(=O)Nc2ccccc2)[C@H](c2ccccc2)C(C#N)=C(SCC(=O)Nc2c(C)cccc2C)N1. The van der Waals surface area contributed by atoms with Crippen molar-refractivity contribution < 1.29 is 9.59 Å². The minimum absolute atomic E-state index is 0.113. The van der Waals surface area contributed by atoms with Gasteiger partial charge in [0.25, 0.3) is 5.91 Å². The van der Waals surface area contributed by atoms with Crippen LogP contribution in [0.25, 0.3) is 0 Å². The van der Waals surface area contributed by atoms with Crippen molar-refractivity contribution >= 4 is 35.0 Å². The molecule has 0 fully saturated rings. The van der Waals surface area contributed by atoms with Gasteiger partial charge in [-0.25, -0.2) is 0 Å². The summed E-state index contributed by atoms with van der Waals surface area (Å²) in [4.78, 5) is 26.3. The van der Waals surface area contributed by atoms with Crippen LogP contribution in [0.15, 0.2) is 101 Å². The van der Waals surface area contributed by atoms with Crippen LogP contribution < -0.4 is 16.0 Å². The zero-order valence-corrected chi connectivity index (χ0v) is 21.8. The number of rotatable bonds is 7. The van der Waals surface area contributed by atoms with Gasteiger partial charge >= 0.3 is 0 Å². The molecule has 0 aromatic heterocycles. The van der Waals surface area contributed by atoms with Crippen molar-refractivity contribution in [3.63, 3.8) is 0 Å². The number of aryl methyl sites for hydroxylation is 2. The number of hydrogen-bond acceptors (Lipinski definition) is 5. The van der Waals surface area contributed by atoms with Crippen molar-refractivity contribution in [3.8, 4) is 6.07 Å². The summed E-state index contributed by atoms with van der Waals surface area (Å²) in [5, 5.41) is 20.0. The number of carbonyl (C=O) groups excluding carboxylic acids is 2. The van der Waals surface area contributed by atoms with Crippen LogP contribution in [-0.2, 0) is 9.59 Å². The van der Waals surface area contributed by atoms with Crippen LogP contribution in [0.1, 0.15) is 29.5 Å². The maximum absolute atomic E-state index is 13.5. The Morgan fingerprint density at radius 3 is 2.14 bits per heavy atom. The standard InChI is InChI=1S/C30H28N4O2S/c1-19-11-10-12-20(2)28(19)34-25(35)18-37-30-24(17-31)27(22-13-6-4-7-14-22)26(21(3)32-30)29(36)33-23-15-8-5-9-16-23/h4-16,27,32H,18H2,1-3H3,(H,33,36)(H,34,35)/t27-/m1/s1. The number of nitrogens with zero attached hydrogens (tertiary/aromatic N) is 1. The number of thioether (sulfide) groups is 1. The van der Waals surface area contributed by atoms with E-state index in [9.17, 15) is 14.9 Å². The number of allylic oxidation sites excluding steroid dienone is 2. The first-order valence-electron chi connectivity index (χ1n) is 11.9. The number of amides is 2. The molecule has 2 amide bonds. The Hall–Kier alpha value is -4.28. The molecule has 1 aliphatic rings. The highest BCUT2D eigenvalue weighted by Gasteiger charge is 2.34. The van der Waals surface area contributed by atoms with Crippen molar-refractivity contribution in [2.45, 2.75) is 26.7 Å². The van der Waals surface area contributed by atoms with Gasteiger partial charge in [0, 0.05) is 22.6 Å². The van der Waals surface area contributed by atoms with Gasteiger partial charge in [0.2, 0.25) is 5.91 Å². The highest BCUT2D eigenvalue weighted by Crippen LogP contribution is 2.41. The van der Waals surface area contributed by atoms with Crippen LogP contribution in [0.5, 0.6) is 0 Å². The summed E-state index contributed by atoms with van der Waals surface area (Å²) in [7, 11) is 0. The smallest absolute Gasteiger partial charge is 0.254 e. The Bertz CT molecular complexity index is 1400. The van der Waals surface area contributed by atoms with E-state index in [2.05, 4.69) is 22.0 Å². The first-order valence-corrected chi connectivity index (χ1v) is 12.9. The van der Waals surface area contributed by atoms with E-state index in [1.807, 2.05) is 99.6 Å². The molecule has 7 heteroatoms. The minimum Gasteiger partial charge on any atom is -0.353 e. The van der Waals surface area contributed by atoms with Gasteiger partial charge in [0.05, 0.1) is 28.3 Å². The molecule has 1 heterocycles. The summed E-state index contributed by atoms with van der Waals surface area (Å²) < 4.78 is 0. The topological polar surface area (TPSA) is 94.0 Å². The van der Waals surface area contributed by atoms with Gasteiger partial charge in [0.1, 0.15) is 0 Å². The summed E-state index contributed by atoms with van der Waals surface area (Å²) >= 11 is 1.26. The van der Waals surface area contributed by atoms with E-state index < -0.39 is 5.92 Å². The summed E-state index contributed by atoms with van der Waals surface area (Å²) in [6.07, 6.45) is 0. The lowest BCUT2D eigenvalue weighted by molar-refractivity contribution is -0.114. The number of nitriles is 1. The number of dihydropyridines is 1. The Balaban J connectivity index is 1.61. The summed E-state index contributed by atoms with van der Waals surface area (Å²) in [5.74, 6) is -0.906. The summed E-state index contributed by atoms with van der Waals surface area (Å²) in [5.41, 5.74) is 5.79. The molecule has 0 aliphatic carbocycles. The fourth-order valence-electron chi connectivity index (χ4n) is 4.35. The molecule has 0 saturated heterocycles. The average molecular weight is 509 g/mol. The van der Waals surface area contributed by atoms with Crippen LogP contribution in [-0.4, -0.2) is 17.6 Å². The molecule has 0 unspecified atom stereocenters. The second kappa shape index (κ2) is 11.6. The quantitative estimate of drug-likeness (QED) is 0.363. The van der Waals surface area contributed by atoms with Crippen molar-refractivity contribution in [2.24, 2.45) is 0 Å². The normalized spacial score (nSPS) is 15.0. The zero-order chi connectivity index (χ0) is 26.4. The molecule has 0 spiro atoms. The Labute approximate surface area is 221 Å². The van der Waals surface area contributed by atoms with Gasteiger partial charge in [-0.05, 0) is 49.6 Å². The van der Waals surface area contributed by atoms with E-state index in [0.717, 1.165) is 22.4 Å². The second-order valence-electron chi connectivity index (χ2n) is 8.79. The molecule has 0 radical (unpaired) electrons. The fourth-order valence-corrected chi connectivity index (χ4v) is 5.24. The van der Waals surface area contributed by atoms with E-state index in [1.54, 1.807) is 0 Å². The van der Waals surface area contributed by atoms with Gasteiger partial charge in [-0.15, -0.1) is 0 Å². The van der Waals surface area contributed by atoms with Crippen LogP contribution in [0.4, 0.5) is 11.4 Å². The molecule has 3 N–H and O–H groups in total. The van der Waals surface area contributed by atoms with E-state index in [1.165, 1.54) is 11.8 Å². The molecule has 3 aromatic rings. The van der Waals surface area contributed by atoms with Crippen LogP contribution in [0, 0.1) is 25.2 Å². The van der Waals surface area contributed by atoms with E-state index in [-0.39, 0.29) is 17.6 Å². The van der Waals surface area contributed by atoms with Crippen molar-refractivity contribution in [3.05, 3.63) is 117 Å². The largest absolute Gasteiger partial charge is 0.353 e. The number of benzene rings is 3. The number of para-hydroxylation sites is 2. The number of hydrogen-bond donors (Lipinski definition) is 3. The van der Waals surface area contributed by atoms with Crippen molar-refractivity contribution in [1.82, 2.24) is 5.32 Å². The molecule has 3 aromatic carbocycles. The third kappa shape index (κ3) is 5.93. The third-order valence-corrected chi connectivity index (χ3v) is 7.17. The molecule has 1 aliphatic heterocycles. The van der Waals surface area contributed by atoms with Gasteiger partial charge in [0.15, 0.2) is 0 Å². The second-order valence-corrected chi connectivity index (χ2v) is 9.77. The molecule has 4 rings (SSSR count). The predicted octanol–water partition coefficient (Wildman–Crippen LogP) is 6.01. The molecule has 6 nitrogen and oxygen atoms in total. The van der Waals surface area contributed by atoms with Crippen LogP contribution in [0.3, 0.4) is 0 Å². The highest BCUT2D eigenvalue weighted by molar-refractivity contribution is 8.03. The van der Waals surface area contributed by atoms with Gasteiger partial charge in [-0.3, -0.25) is 9.59 Å². The third-order valence-electron chi connectivity index (χ3n) is 6.15.